The fraction of sp³-hybridized carbons (Fsp3) is 0.750. The van der Waals surface area contributed by atoms with Crippen LogP contribution in [0.15, 0.2) is 6.20 Å². The Hall–Kier alpha value is -1.07. The first-order chi connectivity index (χ1) is 6.57. The molecule has 6 heteroatoms. The summed E-state index contributed by atoms with van der Waals surface area (Å²) in [4.78, 5) is 0. The SMILES string of the molecule is CCCCc1cnnn1C.FC(F)F. The second-order valence-corrected chi connectivity index (χ2v) is 2.70. The van der Waals surface area contributed by atoms with Crippen LogP contribution in [0.1, 0.15) is 25.5 Å². The molecule has 82 valence electrons. The van der Waals surface area contributed by atoms with Gasteiger partial charge in [-0.25, -0.2) is 0 Å². The first kappa shape index (κ1) is 12.9. The van der Waals surface area contributed by atoms with E-state index in [-0.39, 0.29) is 0 Å². The number of aromatic nitrogens is 3. The molecule has 0 radical (unpaired) electrons. The molecule has 1 rings (SSSR count). The molecule has 0 aliphatic heterocycles. The lowest BCUT2D eigenvalue weighted by atomic mass is 10.2. The van der Waals surface area contributed by atoms with E-state index in [9.17, 15) is 13.2 Å². The summed E-state index contributed by atoms with van der Waals surface area (Å²) in [5, 5.41) is 7.62. The Morgan fingerprint density at radius 1 is 1.43 bits per heavy atom. The predicted molar refractivity (Wildman–Crippen MR) is 46.7 cm³/mol. The van der Waals surface area contributed by atoms with Crippen LogP contribution in [0.4, 0.5) is 13.2 Å². The Kier molecular flexibility index (Phi) is 6.78. The maximum Gasteiger partial charge on any atom is 0.379 e. The van der Waals surface area contributed by atoms with Crippen molar-refractivity contribution in [2.24, 2.45) is 7.05 Å². The molecular weight excluding hydrogens is 195 g/mol. The minimum atomic E-state index is -3.67. The van der Waals surface area contributed by atoms with Gasteiger partial charge in [0.2, 0.25) is 0 Å². The van der Waals surface area contributed by atoms with Crippen LogP contribution < -0.4 is 0 Å². The summed E-state index contributed by atoms with van der Waals surface area (Å²) >= 11 is 0. The summed E-state index contributed by atoms with van der Waals surface area (Å²) in [5.41, 5.74) is 1.22. The molecule has 0 aromatic carbocycles. The van der Waals surface area contributed by atoms with Crippen molar-refractivity contribution in [2.75, 3.05) is 0 Å². The molecule has 1 aromatic rings. The predicted octanol–water partition coefficient (Wildman–Crippen LogP) is 2.34. The molecule has 0 aliphatic carbocycles. The van der Waals surface area contributed by atoms with Crippen molar-refractivity contribution in [2.45, 2.75) is 32.9 Å². The van der Waals surface area contributed by atoms with Crippen molar-refractivity contribution < 1.29 is 13.2 Å². The van der Waals surface area contributed by atoms with Crippen molar-refractivity contribution in [1.82, 2.24) is 15.0 Å². The van der Waals surface area contributed by atoms with E-state index in [1.165, 1.54) is 18.5 Å². The van der Waals surface area contributed by atoms with Gasteiger partial charge in [0, 0.05) is 7.05 Å². The third-order valence-corrected chi connectivity index (χ3v) is 1.59. The van der Waals surface area contributed by atoms with Crippen molar-refractivity contribution in [3.05, 3.63) is 11.9 Å². The zero-order valence-corrected chi connectivity index (χ0v) is 8.25. The van der Waals surface area contributed by atoms with E-state index in [4.69, 9.17) is 0 Å². The Balaban J connectivity index is 0.000000364. The van der Waals surface area contributed by atoms with Crippen LogP contribution in [-0.2, 0) is 13.5 Å². The molecule has 0 saturated heterocycles. The second-order valence-electron chi connectivity index (χ2n) is 2.70. The number of alkyl halides is 3. The fourth-order valence-corrected chi connectivity index (χ4v) is 0.895. The van der Waals surface area contributed by atoms with Crippen LogP contribution in [0.5, 0.6) is 0 Å². The highest BCUT2D eigenvalue weighted by atomic mass is 19.4. The average Bonchev–Trinajstić information content (AvgIpc) is 2.47. The largest absolute Gasteiger partial charge is 0.379 e. The van der Waals surface area contributed by atoms with Crippen LogP contribution in [0, 0.1) is 0 Å². The minimum absolute atomic E-state index is 1.10. The van der Waals surface area contributed by atoms with Gasteiger partial charge in [-0.2, -0.15) is 13.2 Å². The molecule has 1 heterocycles. The normalized spacial score (nSPS) is 9.86. The lowest BCUT2D eigenvalue weighted by Gasteiger charge is -1.96. The molecule has 0 aliphatic rings. The Bertz CT molecular complexity index is 235. The lowest BCUT2D eigenvalue weighted by molar-refractivity contribution is 0.00819. The quantitative estimate of drug-likeness (QED) is 0.764. The number of hydrogen-bond donors (Lipinski definition) is 0. The Labute approximate surface area is 80.9 Å². The monoisotopic (exact) mass is 209 g/mol. The molecule has 0 saturated carbocycles. The van der Waals surface area contributed by atoms with Crippen LogP contribution in [-0.4, -0.2) is 21.7 Å². The molecule has 0 unspecified atom stereocenters. The van der Waals surface area contributed by atoms with E-state index in [0.717, 1.165) is 6.42 Å². The number of hydrogen-bond acceptors (Lipinski definition) is 2. The molecule has 0 fully saturated rings. The summed E-state index contributed by atoms with van der Waals surface area (Å²) in [7, 11) is 1.93. The van der Waals surface area contributed by atoms with Gasteiger partial charge in [-0.3, -0.25) is 4.68 Å². The fourth-order valence-electron chi connectivity index (χ4n) is 0.895. The number of halogens is 3. The third-order valence-electron chi connectivity index (χ3n) is 1.59. The van der Waals surface area contributed by atoms with Crippen LogP contribution in [0.25, 0.3) is 0 Å². The van der Waals surface area contributed by atoms with Crippen LogP contribution in [0.2, 0.25) is 0 Å². The molecular formula is C8H14F3N3. The third kappa shape index (κ3) is 6.45. The van der Waals surface area contributed by atoms with Gasteiger partial charge < -0.3 is 0 Å². The maximum absolute atomic E-state index is 9.67. The highest BCUT2D eigenvalue weighted by Crippen LogP contribution is 2.00. The van der Waals surface area contributed by atoms with E-state index in [1.54, 1.807) is 0 Å². The Morgan fingerprint density at radius 3 is 2.36 bits per heavy atom. The highest BCUT2D eigenvalue weighted by molar-refractivity contribution is 4.92. The summed E-state index contributed by atoms with van der Waals surface area (Å²) in [6.45, 7) is -1.48. The number of nitrogens with zero attached hydrogens (tertiary/aromatic N) is 3. The summed E-state index contributed by atoms with van der Waals surface area (Å²) in [5.74, 6) is 0. The molecule has 0 atom stereocenters. The zero-order chi connectivity index (χ0) is 11.0. The van der Waals surface area contributed by atoms with Gasteiger partial charge in [0.25, 0.3) is 0 Å². The molecule has 3 nitrogen and oxygen atoms in total. The summed E-state index contributed by atoms with van der Waals surface area (Å²) in [6.07, 6.45) is 5.38. The number of rotatable bonds is 3. The van der Waals surface area contributed by atoms with E-state index in [1.807, 2.05) is 17.9 Å². The van der Waals surface area contributed by atoms with Gasteiger partial charge in [0.15, 0.2) is 0 Å². The zero-order valence-electron chi connectivity index (χ0n) is 8.25. The van der Waals surface area contributed by atoms with E-state index in [2.05, 4.69) is 17.2 Å². The van der Waals surface area contributed by atoms with Crippen molar-refractivity contribution in [1.29, 1.82) is 0 Å². The van der Waals surface area contributed by atoms with Gasteiger partial charge >= 0.3 is 6.68 Å². The summed E-state index contributed by atoms with van der Waals surface area (Å²) < 4.78 is 30.8. The maximum atomic E-state index is 9.67. The number of unbranched alkanes of at least 4 members (excludes halogenated alkanes) is 1. The van der Waals surface area contributed by atoms with E-state index >= 15 is 0 Å². The first-order valence-electron chi connectivity index (χ1n) is 4.33. The molecule has 1 aromatic heterocycles. The molecule has 0 N–H and O–H groups in total. The van der Waals surface area contributed by atoms with Crippen LogP contribution >= 0.6 is 0 Å². The summed E-state index contributed by atoms with van der Waals surface area (Å²) in [6, 6.07) is 0. The topological polar surface area (TPSA) is 30.7 Å². The van der Waals surface area contributed by atoms with Gasteiger partial charge in [-0.1, -0.05) is 18.6 Å². The standard InChI is InChI=1S/C7H13N3.CHF3/c1-3-4-5-7-6-8-9-10(7)2;2-1(3)4/h6H,3-5H2,1-2H3;1H. The number of aryl methyl sites for hydroxylation is 2. The average molecular weight is 209 g/mol. The Morgan fingerprint density at radius 2 is 2.00 bits per heavy atom. The molecule has 0 amide bonds. The molecule has 14 heavy (non-hydrogen) atoms. The van der Waals surface area contributed by atoms with Crippen molar-refractivity contribution in [3.63, 3.8) is 0 Å². The van der Waals surface area contributed by atoms with E-state index < -0.39 is 6.68 Å². The van der Waals surface area contributed by atoms with Crippen molar-refractivity contribution >= 4 is 0 Å². The van der Waals surface area contributed by atoms with Crippen molar-refractivity contribution in [3.8, 4) is 0 Å². The van der Waals surface area contributed by atoms with Gasteiger partial charge in [-0.15, -0.1) is 5.10 Å². The van der Waals surface area contributed by atoms with Gasteiger partial charge in [-0.05, 0) is 12.8 Å². The molecule has 0 bridgehead atoms. The van der Waals surface area contributed by atoms with Gasteiger partial charge in [0.05, 0.1) is 11.9 Å². The van der Waals surface area contributed by atoms with E-state index in [0.29, 0.717) is 0 Å². The highest BCUT2D eigenvalue weighted by Gasteiger charge is 1.96. The lowest BCUT2D eigenvalue weighted by Crippen LogP contribution is -1.97. The minimum Gasteiger partial charge on any atom is -0.252 e. The van der Waals surface area contributed by atoms with Crippen LogP contribution in [0.3, 0.4) is 0 Å². The molecule has 0 spiro atoms. The van der Waals surface area contributed by atoms with Gasteiger partial charge in [0.1, 0.15) is 0 Å². The smallest absolute Gasteiger partial charge is 0.252 e. The second kappa shape index (κ2) is 7.34. The first-order valence-corrected chi connectivity index (χ1v) is 4.33.